The van der Waals surface area contributed by atoms with Crippen molar-refractivity contribution in [3.63, 3.8) is 0 Å². The standard InChI is InChI=1S/C16H18N4O8/c1-7(21)26-10-4-25-16(13(28-9(3)23)12(10)27-8(2)22)20-6-19-11-14(20)17-5-18-15(11)24/h5-6,10,12-13,16H,4H2,1-3H3,(H,17,18,24)/t10-,12-,13-,16+/m1/s1. The average molecular weight is 394 g/mol. The molecule has 28 heavy (non-hydrogen) atoms. The summed E-state index contributed by atoms with van der Waals surface area (Å²) in [7, 11) is 0. The average Bonchev–Trinajstić information content (AvgIpc) is 3.02. The number of ether oxygens (including phenoxy) is 4. The van der Waals surface area contributed by atoms with Crippen molar-refractivity contribution in [2.45, 2.75) is 45.3 Å². The molecule has 2 aromatic rings. The van der Waals surface area contributed by atoms with Gasteiger partial charge in [0.25, 0.3) is 5.56 Å². The molecular weight excluding hydrogens is 376 g/mol. The molecule has 1 N–H and O–H groups in total. The maximum absolute atomic E-state index is 11.9. The molecule has 12 nitrogen and oxygen atoms in total. The van der Waals surface area contributed by atoms with Gasteiger partial charge in [-0.3, -0.25) is 23.7 Å². The Morgan fingerprint density at radius 3 is 2.36 bits per heavy atom. The molecule has 4 atom stereocenters. The number of nitrogens with one attached hydrogen (secondary N) is 1. The van der Waals surface area contributed by atoms with Gasteiger partial charge in [-0.1, -0.05) is 0 Å². The van der Waals surface area contributed by atoms with Crippen LogP contribution >= 0.6 is 0 Å². The van der Waals surface area contributed by atoms with Gasteiger partial charge in [-0.2, -0.15) is 0 Å². The predicted octanol–water partition coefficient (Wildman–Crippen LogP) is -0.556. The van der Waals surface area contributed by atoms with Crippen LogP contribution in [0.4, 0.5) is 0 Å². The Labute approximate surface area is 157 Å². The van der Waals surface area contributed by atoms with Crippen molar-refractivity contribution < 1.29 is 33.3 Å². The Morgan fingerprint density at radius 2 is 1.71 bits per heavy atom. The van der Waals surface area contributed by atoms with E-state index in [2.05, 4.69) is 15.0 Å². The minimum atomic E-state index is -1.18. The van der Waals surface area contributed by atoms with E-state index in [0.29, 0.717) is 0 Å². The van der Waals surface area contributed by atoms with Gasteiger partial charge in [0.15, 0.2) is 35.7 Å². The summed E-state index contributed by atoms with van der Waals surface area (Å²) in [5.41, 5.74) is -0.227. The second-order valence-electron chi connectivity index (χ2n) is 6.08. The number of aromatic amines is 1. The first-order valence-corrected chi connectivity index (χ1v) is 8.31. The minimum Gasteiger partial charge on any atom is -0.456 e. The molecule has 0 unspecified atom stereocenters. The number of carbonyl (C=O) groups excluding carboxylic acids is 3. The quantitative estimate of drug-likeness (QED) is 0.528. The maximum atomic E-state index is 11.9. The normalized spacial score (nSPS) is 24.5. The van der Waals surface area contributed by atoms with Gasteiger partial charge in [0.2, 0.25) is 0 Å². The summed E-state index contributed by atoms with van der Waals surface area (Å²) < 4.78 is 22.9. The van der Waals surface area contributed by atoms with Crippen molar-refractivity contribution in [2.24, 2.45) is 0 Å². The molecule has 1 aliphatic heterocycles. The highest BCUT2D eigenvalue weighted by molar-refractivity contribution is 5.70. The van der Waals surface area contributed by atoms with E-state index in [-0.39, 0.29) is 17.8 Å². The third-order valence-corrected chi connectivity index (χ3v) is 3.96. The van der Waals surface area contributed by atoms with Crippen molar-refractivity contribution in [1.29, 1.82) is 0 Å². The van der Waals surface area contributed by atoms with Crippen molar-refractivity contribution in [3.05, 3.63) is 23.0 Å². The van der Waals surface area contributed by atoms with Crippen LogP contribution in [0.3, 0.4) is 0 Å². The highest BCUT2D eigenvalue weighted by atomic mass is 16.6. The SMILES string of the molecule is CC(=O)O[C@@H]1[C@H](OC(C)=O)[C@H](OC(C)=O)CO[C@@H]1n1cnc2c(=O)[nH]cnc21. The fourth-order valence-electron chi connectivity index (χ4n) is 3.01. The molecule has 0 bridgehead atoms. The van der Waals surface area contributed by atoms with Gasteiger partial charge in [0.1, 0.15) is 0 Å². The number of nitrogens with zero attached hydrogens (tertiary/aromatic N) is 3. The Kier molecular flexibility index (Phi) is 5.40. The second kappa shape index (κ2) is 7.76. The lowest BCUT2D eigenvalue weighted by Gasteiger charge is -2.40. The van der Waals surface area contributed by atoms with E-state index in [1.54, 1.807) is 0 Å². The number of aromatic nitrogens is 4. The molecule has 150 valence electrons. The summed E-state index contributed by atoms with van der Waals surface area (Å²) in [6.07, 6.45) is -1.85. The van der Waals surface area contributed by atoms with E-state index < -0.39 is 48.0 Å². The molecule has 0 saturated carbocycles. The number of rotatable bonds is 4. The number of H-pyrrole nitrogens is 1. The van der Waals surface area contributed by atoms with E-state index >= 15 is 0 Å². The molecule has 12 heteroatoms. The third-order valence-electron chi connectivity index (χ3n) is 3.96. The molecule has 0 radical (unpaired) electrons. The van der Waals surface area contributed by atoms with E-state index in [9.17, 15) is 19.2 Å². The smallest absolute Gasteiger partial charge is 0.303 e. The number of hydrogen-bond donors (Lipinski definition) is 1. The Hall–Kier alpha value is -3.28. The Morgan fingerprint density at radius 1 is 1.07 bits per heavy atom. The van der Waals surface area contributed by atoms with Gasteiger partial charge in [-0.25, -0.2) is 9.97 Å². The van der Waals surface area contributed by atoms with Gasteiger partial charge in [0.05, 0.1) is 19.3 Å². The van der Waals surface area contributed by atoms with Gasteiger partial charge in [-0.05, 0) is 0 Å². The van der Waals surface area contributed by atoms with Crippen LogP contribution in [0.5, 0.6) is 0 Å². The molecule has 1 saturated heterocycles. The first-order chi connectivity index (χ1) is 13.3. The highest BCUT2D eigenvalue weighted by Gasteiger charge is 2.48. The summed E-state index contributed by atoms with van der Waals surface area (Å²) in [6.45, 7) is 3.39. The number of fused-ring (bicyclic) bond motifs is 1. The first-order valence-electron chi connectivity index (χ1n) is 8.31. The highest BCUT2D eigenvalue weighted by Crippen LogP contribution is 2.32. The Bertz CT molecular complexity index is 967. The van der Waals surface area contributed by atoms with Crippen LogP contribution in [-0.4, -0.2) is 62.3 Å². The monoisotopic (exact) mass is 394 g/mol. The first kappa shape index (κ1) is 19.5. The predicted molar refractivity (Wildman–Crippen MR) is 89.8 cm³/mol. The molecule has 0 aliphatic carbocycles. The molecule has 3 rings (SSSR count). The van der Waals surface area contributed by atoms with Crippen LogP contribution in [-0.2, 0) is 33.3 Å². The van der Waals surface area contributed by atoms with Crippen molar-refractivity contribution in [2.75, 3.05) is 6.61 Å². The molecule has 0 aromatic carbocycles. The molecule has 2 aromatic heterocycles. The summed E-state index contributed by atoms with van der Waals surface area (Å²) in [5.74, 6) is -1.95. The van der Waals surface area contributed by atoms with E-state index in [0.717, 1.165) is 0 Å². The van der Waals surface area contributed by atoms with Crippen molar-refractivity contribution >= 4 is 29.1 Å². The zero-order valence-corrected chi connectivity index (χ0v) is 15.3. The maximum Gasteiger partial charge on any atom is 0.303 e. The molecule has 3 heterocycles. The van der Waals surface area contributed by atoms with Crippen LogP contribution in [0.15, 0.2) is 17.4 Å². The Balaban J connectivity index is 2.05. The van der Waals surface area contributed by atoms with Gasteiger partial charge in [-0.15, -0.1) is 0 Å². The zero-order chi connectivity index (χ0) is 20.4. The summed E-state index contributed by atoms with van der Waals surface area (Å²) in [6, 6.07) is 0. The van der Waals surface area contributed by atoms with Crippen molar-refractivity contribution in [1.82, 2.24) is 19.5 Å². The largest absolute Gasteiger partial charge is 0.456 e. The number of carbonyl (C=O) groups is 3. The van der Waals surface area contributed by atoms with E-state index in [1.807, 2.05) is 0 Å². The zero-order valence-electron chi connectivity index (χ0n) is 15.3. The third kappa shape index (κ3) is 3.86. The van der Waals surface area contributed by atoms with Crippen LogP contribution in [0.2, 0.25) is 0 Å². The molecule has 1 fully saturated rings. The van der Waals surface area contributed by atoms with Crippen LogP contribution in [0, 0.1) is 0 Å². The number of hydrogen-bond acceptors (Lipinski definition) is 10. The van der Waals surface area contributed by atoms with Crippen LogP contribution < -0.4 is 5.56 Å². The number of imidazole rings is 1. The lowest BCUT2D eigenvalue weighted by atomic mass is 10.0. The number of esters is 3. The second-order valence-corrected chi connectivity index (χ2v) is 6.08. The lowest BCUT2D eigenvalue weighted by molar-refractivity contribution is -0.239. The molecule has 0 amide bonds. The van der Waals surface area contributed by atoms with E-state index in [4.69, 9.17) is 18.9 Å². The molecule has 0 spiro atoms. The lowest BCUT2D eigenvalue weighted by Crippen LogP contribution is -2.55. The summed E-state index contributed by atoms with van der Waals surface area (Å²) in [4.78, 5) is 57.1. The fourth-order valence-corrected chi connectivity index (χ4v) is 3.01. The van der Waals surface area contributed by atoms with Gasteiger partial charge >= 0.3 is 17.9 Å². The van der Waals surface area contributed by atoms with Gasteiger partial charge in [0, 0.05) is 20.8 Å². The van der Waals surface area contributed by atoms with Crippen molar-refractivity contribution in [3.8, 4) is 0 Å². The molecular formula is C16H18N4O8. The van der Waals surface area contributed by atoms with Crippen LogP contribution in [0.1, 0.15) is 27.0 Å². The summed E-state index contributed by atoms with van der Waals surface area (Å²) in [5, 5.41) is 0. The van der Waals surface area contributed by atoms with E-state index in [1.165, 1.54) is 38.0 Å². The topological polar surface area (TPSA) is 152 Å². The van der Waals surface area contributed by atoms with Crippen LogP contribution in [0.25, 0.3) is 11.2 Å². The molecule has 1 aliphatic rings. The summed E-state index contributed by atoms with van der Waals surface area (Å²) >= 11 is 0. The fraction of sp³-hybridized carbons (Fsp3) is 0.500. The minimum absolute atomic E-state index is 0.0545. The van der Waals surface area contributed by atoms with Gasteiger partial charge < -0.3 is 23.9 Å².